The molecule has 70 valence electrons. The summed E-state index contributed by atoms with van der Waals surface area (Å²) in [5.74, 6) is -0.313. The van der Waals surface area contributed by atoms with Gasteiger partial charge in [-0.2, -0.15) is 0 Å². The second kappa shape index (κ2) is 3.33. The van der Waals surface area contributed by atoms with Crippen LogP contribution in [-0.4, -0.2) is 0 Å². The van der Waals surface area contributed by atoms with E-state index in [9.17, 15) is 4.39 Å². The van der Waals surface area contributed by atoms with Crippen LogP contribution in [0.3, 0.4) is 0 Å². The summed E-state index contributed by atoms with van der Waals surface area (Å²) in [7, 11) is 0. The average molecular weight is 180 g/mol. The first-order valence-electron chi connectivity index (χ1n) is 5.30. The number of benzene rings is 1. The van der Waals surface area contributed by atoms with E-state index in [0.717, 1.165) is 6.55 Å². The maximum Gasteiger partial charge on any atom is 0.127 e. The highest BCUT2D eigenvalue weighted by atomic mass is 19.1. The molecule has 13 heavy (non-hydrogen) atoms. The van der Waals surface area contributed by atoms with E-state index in [2.05, 4.69) is 0 Å². The van der Waals surface area contributed by atoms with Gasteiger partial charge in [-0.3, -0.25) is 0 Å². The lowest BCUT2D eigenvalue weighted by Crippen LogP contribution is -2.15. The number of rotatable bonds is 1. The molecule has 0 amide bonds. The van der Waals surface area contributed by atoms with Gasteiger partial charge in [0.05, 0.1) is 2.74 Å². The van der Waals surface area contributed by atoms with Crippen molar-refractivity contribution in [2.75, 3.05) is 0 Å². The van der Waals surface area contributed by atoms with Crippen molar-refractivity contribution >= 4 is 6.05 Å². The third kappa shape index (κ3) is 1.97. The minimum absolute atomic E-state index is 0.0411. The van der Waals surface area contributed by atoms with E-state index in [1.165, 1.54) is 6.07 Å². The van der Waals surface area contributed by atoms with E-state index < -0.39 is 0 Å². The fraction of sp³-hybridized carbons (Fsp3) is 0.333. The Morgan fingerprint density at radius 1 is 1.54 bits per heavy atom. The predicted molar refractivity (Wildman–Crippen MR) is 55.2 cm³/mol. The van der Waals surface area contributed by atoms with Gasteiger partial charge in [0.15, 0.2) is 0 Å². The van der Waals surface area contributed by atoms with Gasteiger partial charge in [0.25, 0.3) is 0 Å². The quantitative estimate of drug-likeness (QED) is 0.617. The molecule has 1 aromatic rings. The van der Waals surface area contributed by atoms with Crippen LogP contribution in [0.25, 0.3) is 6.05 Å². The third-order valence-electron chi connectivity index (χ3n) is 1.92. The number of hydrogen-bond acceptors (Lipinski definition) is 0. The summed E-state index contributed by atoms with van der Waals surface area (Å²) >= 11 is 0. The van der Waals surface area contributed by atoms with Gasteiger partial charge >= 0.3 is 0 Å². The molecule has 0 heterocycles. The van der Waals surface area contributed by atoms with Gasteiger partial charge in [0.2, 0.25) is 0 Å². The van der Waals surface area contributed by atoms with Crippen molar-refractivity contribution in [1.29, 1.82) is 0 Å². The summed E-state index contributed by atoms with van der Waals surface area (Å²) in [6, 6.07) is 4.68. The Hall–Kier alpha value is -1.11. The SMILES string of the molecule is [2H]C=C([2H])c1cccc(F)c1C(C)(C)C. The molecule has 0 atom stereocenters. The molecular weight excluding hydrogens is 163 g/mol. The van der Waals surface area contributed by atoms with Crippen LogP contribution in [0.2, 0.25) is 0 Å². The van der Waals surface area contributed by atoms with Crippen LogP contribution in [0.1, 0.15) is 34.6 Å². The van der Waals surface area contributed by atoms with E-state index >= 15 is 0 Å². The Bertz CT molecular complexity index is 389. The molecular formula is C12H15F. The second-order valence-electron chi connectivity index (χ2n) is 4.06. The van der Waals surface area contributed by atoms with Gasteiger partial charge in [-0.15, -0.1) is 0 Å². The summed E-state index contributed by atoms with van der Waals surface area (Å²) in [4.78, 5) is 0. The van der Waals surface area contributed by atoms with E-state index in [0.29, 0.717) is 11.1 Å². The van der Waals surface area contributed by atoms with Crippen LogP contribution in [0.4, 0.5) is 4.39 Å². The Balaban J connectivity index is 3.47. The first-order valence-corrected chi connectivity index (χ1v) is 4.22. The fourth-order valence-electron chi connectivity index (χ4n) is 1.41. The zero-order valence-electron chi connectivity index (χ0n) is 10.2. The van der Waals surface area contributed by atoms with Crippen molar-refractivity contribution in [2.45, 2.75) is 26.2 Å². The van der Waals surface area contributed by atoms with Gasteiger partial charge < -0.3 is 0 Å². The first-order chi connectivity index (χ1) is 6.88. The lowest BCUT2D eigenvalue weighted by atomic mass is 9.83. The van der Waals surface area contributed by atoms with Crippen LogP contribution >= 0.6 is 0 Å². The maximum atomic E-state index is 13.7. The molecule has 0 aliphatic carbocycles. The van der Waals surface area contributed by atoms with E-state index in [4.69, 9.17) is 2.74 Å². The van der Waals surface area contributed by atoms with Crippen LogP contribution < -0.4 is 0 Å². The van der Waals surface area contributed by atoms with Crippen LogP contribution in [0.5, 0.6) is 0 Å². The molecule has 0 unspecified atom stereocenters. The monoisotopic (exact) mass is 180 g/mol. The Kier molecular flexibility index (Phi) is 1.87. The highest BCUT2D eigenvalue weighted by Crippen LogP contribution is 2.28. The van der Waals surface area contributed by atoms with Crippen molar-refractivity contribution in [2.24, 2.45) is 0 Å². The lowest BCUT2D eigenvalue weighted by Gasteiger charge is -2.22. The Labute approximate surface area is 81.9 Å². The molecule has 0 bridgehead atoms. The van der Waals surface area contributed by atoms with Gasteiger partial charge in [0.1, 0.15) is 5.82 Å². The predicted octanol–water partition coefficient (Wildman–Crippen LogP) is 3.77. The van der Waals surface area contributed by atoms with Crippen LogP contribution in [-0.2, 0) is 5.41 Å². The largest absolute Gasteiger partial charge is 0.207 e. The fourth-order valence-corrected chi connectivity index (χ4v) is 1.41. The summed E-state index contributed by atoms with van der Waals surface area (Å²) in [5.41, 5.74) is 0.631. The first kappa shape index (κ1) is 7.31. The molecule has 0 N–H and O–H groups in total. The standard InChI is InChI=1S/C12H15F/c1-5-9-7-6-8-10(13)11(9)12(2,3)4/h5-8H,1H2,2-4H3/i1D,5D. The van der Waals surface area contributed by atoms with Gasteiger partial charge in [-0.1, -0.05) is 45.5 Å². The normalized spacial score (nSPS) is 15.2. The van der Waals surface area contributed by atoms with Crippen LogP contribution in [0, 0.1) is 5.82 Å². The molecule has 0 radical (unpaired) electrons. The summed E-state index contributed by atoms with van der Waals surface area (Å²) in [6.45, 7) is 6.62. The van der Waals surface area contributed by atoms with Gasteiger partial charge in [-0.05, 0) is 17.0 Å². The molecule has 1 heteroatoms. The van der Waals surface area contributed by atoms with Crippen molar-refractivity contribution in [3.8, 4) is 0 Å². The molecule has 1 aromatic carbocycles. The Morgan fingerprint density at radius 3 is 2.77 bits per heavy atom. The molecule has 0 aliphatic rings. The van der Waals surface area contributed by atoms with E-state index in [1.807, 2.05) is 20.8 Å². The summed E-state index contributed by atoms with van der Waals surface area (Å²) in [5, 5.41) is 0. The summed E-state index contributed by atoms with van der Waals surface area (Å²) in [6.07, 6.45) is 0. The zero-order valence-corrected chi connectivity index (χ0v) is 8.19. The molecule has 0 aromatic heterocycles. The van der Waals surface area contributed by atoms with Crippen molar-refractivity contribution in [3.63, 3.8) is 0 Å². The van der Waals surface area contributed by atoms with Crippen molar-refractivity contribution in [1.82, 2.24) is 0 Å². The minimum Gasteiger partial charge on any atom is -0.207 e. The topological polar surface area (TPSA) is 0 Å². The highest BCUT2D eigenvalue weighted by molar-refractivity contribution is 5.54. The molecule has 0 aliphatic heterocycles. The summed E-state index contributed by atoms with van der Waals surface area (Å²) < 4.78 is 28.3. The molecule has 0 fully saturated rings. The second-order valence-corrected chi connectivity index (χ2v) is 4.06. The van der Waals surface area contributed by atoms with E-state index in [-0.39, 0.29) is 17.3 Å². The van der Waals surface area contributed by atoms with Gasteiger partial charge in [-0.25, -0.2) is 4.39 Å². The van der Waals surface area contributed by atoms with Crippen LogP contribution in [0.15, 0.2) is 24.8 Å². The maximum absolute atomic E-state index is 13.7. The third-order valence-corrected chi connectivity index (χ3v) is 1.92. The zero-order chi connectivity index (χ0) is 11.6. The molecule has 0 spiro atoms. The average Bonchev–Trinajstić information content (AvgIpc) is 2.14. The molecule has 0 saturated heterocycles. The van der Waals surface area contributed by atoms with Crippen molar-refractivity contribution in [3.05, 3.63) is 41.7 Å². The van der Waals surface area contributed by atoms with Gasteiger partial charge in [0, 0.05) is 5.56 Å². The Morgan fingerprint density at radius 2 is 2.23 bits per heavy atom. The van der Waals surface area contributed by atoms with E-state index in [1.54, 1.807) is 12.1 Å². The van der Waals surface area contributed by atoms with Crippen molar-refractivity contribution < 1.29 is 7.13 Å². The number of halogens is 1. The smallest absolute Gasteiger partial charge is 0.127 e. The minimum atomic E-state index is -0.365. The molecule has 0 saturated carbocycles. The number of hydrogen-bond donors (Lipinski definition) is 0. The lowest BCUT2D eigenvalue weighted by molar-refractivity contribution is 0.522. The molecule has 1 rings (SSSR count). The highest BCUT2D eigenvalue weighted by Gasteiger charge is 2.20. The molecule has 0 nitrogen and oxygen atoms in total.